The molecule has 1 amide bonds. The third-order valence-corrected chi connectivity index (χ3v) is 5.65. The number of carbonyl (C=O) groups excluding carboxylic acids is 2. The van der Waals surface area contributed by atoms with Gasteiger partial charge in [0.1, 0.15) is 27.8 Å². The van der Waals surface area contributed by atoms with Crippen molar-refractivity contribution < 1.29 is 28.5 Å². The van der Waals surface area contributed by atoms with E-state index >= 15 is 0 Å². The lowest BCUT2D eigenvalue weighted by Gasteiger charge is -2.09. The highest BCUT2D eigenvalue weighted by Gasteiger charge is 2.22. The maximum absolute atomic E-state index is 12.7. The summed E-state index contributed by atoms with van der Waals surface area (Å²) in [5.41, 5.74) is 2.48. The van der Waals surface area contributed by atoms with Crippen LogP contribution in [0.25, 0.3) is 17.2 Å². The van der Waals surface area contributed by atoms with E-state index in [0.717, 1.165) is 5.56 Å². The van der Waals surface area contributed by atoms with Crippen molar-refractivity contribution in [2.45, 2.75) is 6.92 Å². The highest BCUT2D eigenvalue weighted by Crippen LogP contribution is 2.37. The molecule has 0 bridgehead atoms. The Hall–Kier alpha value is -3.78. The molecule has 8 heteroatoms. The Morgan fingerprint density at radius 2 is 1.67 bits per heavy atom. The molecule has 1 heterocycles. The Labute approximate surface area is 196 Å². The lowest BCUT2D eigenvalue weighted by Crippen LogP contribution is -2.12. The molecule has 3 rings (SSSR count). The van der Waals surface area contributed by atoms with E-state index in [0.29, 0.717) is 38.9 Å². The van der Waals surface area contributed by atoms with E-state index in [1.165, 1.54) is 17.4 Å². The molecule has 2 aromatic carbocycles. The van der Waals surface area contributed by atoms with Gasteiger partial charge in [0, 0.05) is 22.6 Å². The number of ether oxygens (including phenoxy) is 4. The number of anilines is 1. The van der Waals surface area contributed by atoms with Crippen LogP contribution >= 0.6 is 11.3 Å². The number of methoxy groups -OCH3 is 3. The molecule has 0 spiro atoms. The fourth-order valence-electron chi connectivity index (χ4n) is 3.13. The molecule has 0 aliphatic rings. The summed E-state index contributed by atoms with van der Waals surface area (Å²) < 4.78 is 21.0. The molecule has 0 aliphatic carbocycles. The van der Waals surface area contributed by atoms with E-state index in [1.807, 2.05) is 29.6 Å². The number of nitrogens with one attached hydrogen (secondary N) is 1. The zero-order chi connectivity index (χ0) is 23.8. The average Bonchev–Trinajstić information content (AvgIpc) is 3.26. The van der Waals surface area contributed by atoms with Crippen LogP contribution in [0, 0.1) is 0 Å². The summed E-state index contributed by atoms with van der Waals surface area (Å²) >= 11 is 1.26. The van der Waals surface area contributed by atoms with E-state index in [4.69, 9.17) is 18.9 Å². The van der Waals surface area contributed by atoms with Gasteiger partial charge in [-0.15, -0.1) is 11.3 Å². The van der Waals surface area contributed by atoms with Gasteiger partial charge in [-0.3, -0.25) is 4.79 Å². The SMILES string of the molecule is CCOC(=O)c1c(-c2ccc(OC)cc2)csc1NC(=O)/C=C/c1cc(OC)ccc1OC. The third-order valence-electron chi connectivity index (χ3n) is 4.76. The molecular formula is C25H25NO6S. The molecule has 33 heavy (non-hydrogen) atoms. The van der Waals surface area contributed by atoms with Gasteiger partial charge in [-0.25, -0.2) is 4.79 Å². The topological polar surface area (TPSA) is 83.1 Å². The van der Waals surface area contributed by atoms with Crippen LogP contribution in [0.1, 0.15) is 22.8 Å². The maximum atomic E-state index is 12.7. The Bertz CT molecular complexity index is 1150. The number of thiophene rings is 1. The van der Waals surface area contributed by atoms with Gasteiger partial charge in [0.05, 0.1) is 27.9 Å². The fraction of sp³-hybridized carbons (Fsp3) is 0.200. The second kappa shape index (κ2) is 11.2. The number of carbonyl (C=O) groups is 2. The van der Waals surface area contributed by atoms with E-state index in [9.17, 15) is 9.59 Å². The van der Waals surface area contributed by atoms with Crippen LogP contribution in [0.2, 0.25) is 0 Å². The van der Waals surface area contributed by atoms with Gasteiger partial charge in [0.15, 0.2) is 0 Å². The fourth-order valence-corrected chi connectivity index (χ4v) is 4.09. The monoisotopic (exact) mass is 467 g/mol. The van der Waals surface area contributed by atoms with Crippen LogP contribution in [0.15, 0.2) is 53.9 Å². The minimum atomic E-state index is -0.502. The summed E-state index contributed by atoms with van der Waals surface area (Å²) in [4.78, 5) is 25.4. The zero-order valence-corrected chi connectivity index (χ0v) is 19.7. The molecule has 0 fully saturated rings. The lowest BCUT2D eigenvalue weighted by molar-refractivity contribution is -0.111. The van der Waals surface area contributed by atoms with Crippen LogP contribution in [-0.2, 0) is 9.53 Å². The van der Waals surface area contributed by atoms with Gasteiger partial charge in [0.25, 0.3) is 0 Å². The molecule has 0 atom stereocenters. The van der Waals surface area contributed by atoms with Crippen molar-refractivity contribution in [3.8, 4) is 28.4 Å². The Balaban J connectivity index is 1.88. The smallest absolute Gasteiger partial charge is 0.341 e. The number of amides is 1. The molecule has 3 aromatic rings. The molecule has 7 nitrogen and oxygen atoms in total. The van der Waals surface area contributed by atoms with E-state index in [1.54, 1.807) is 52.5 Å². The molecule has 0 saturated heterocycles. The van der Waals surface area contributed by atoms with Crippen molar-refractivity contribution in [1.29, 1.82) is 0 Å². The van der Waals surface area contributed by atoms with E-state index in [2.05, 4.69) is 5.32 Å². The molecule has 1 aromatic heterocycles. The van der Waals surface area contributed by atoms with Crippen LogP contribution in [0.3, 0.4) is 0 Å². The largest absolute Gasteiger partial charge is 0.497 e. The Kier molecular flexibility index (Phi) is 8.10. The minimum Gasteiger partial charge on any atom is -0.497 e. The number of hydrogen-bond acceptors (Lipinski definition) is 7. The second-order valence-corrected chi connectivity index (χ2v) is 7.61. The Morgan fingerprint density at radius 1 is 0.970 bits per heavy atom. The van der Waals surface area contributed by atoms with Crippen molar-refractivity contribution in [3.63, 3.8) is 0 Å². The average molecular weight is 468 g/mol. The summed E-state index contributed by atoms with van der Waals surface area (Å²) in [6.07, 6.45) is 3.00. The van der Waals surface area contributed by atoms with Crippen LogP contribution in [0.4, 0.5) is 5.00 Å². The summed E-state index contributed by atoms with van der Waals surface area (Å²) in [6, 6.07) is 12.6. The number of rotatable bonds is 9. The number of hydrogen-bond donors (Lipinski definition) is 1. The van der Waals surface area contributed by atoms with Gasteiger partial charge in [-0.05, 0) is 48.9 Å². The minimum absolute atomic E-state index is 0.222. The van der Waals surface area contributed by atoms with Crippen molar-refractivity contribution in [1.82, 2.24) is 0 Å². The zero-order valence-electron chi connectivity index (χ0n) is 18.8. The normalized spacial score (nSPS) is 10.7. The Morgan fingerprint density at radius 3 is 2.30 bits per heavy atom. The maximum Gasteiger partial charge on any atom is 0.341 e. The van der Waals surface area contributed by atoms with Gasteiger partial charge >= 0.3 is 5.97 Å². The highest BCUT2D eigenvalue weighted by molar-refractivity contribution is 7.15. The first-order valence-electron chi connectivity index (χ1n) is 10.1. The molecule has 0 unspecified atom stereocenters. The number of benzene rings is 2. The predicted molar refractivity (Wildman–Crippen MR) is 129 cm³/mol. The molecular weight excluding hydrogens is 442 g/mol. The molecule has 172 valence electrons. The first-order chi connectivity index (χ1) is 16.0. The standard InChI is InChI=1S/C25H25NO6S/c1-5-32-25(28)23-20(16-6-9-18(29-2)10-7-16)15-33-24(23)26-22(27)13-8-17-14-19(30-3)11-12-21(17)31-4/h6-15H,5H2,1-4H3,(H,26,27)/b13-8+. The second-order valence-electron chi connectivity index (χ2n) is 6.73. The van der Waals surface area contributed by atoms with Crippen LogP contribution < -0.4 is 19.5 Å². The van der Waals surface area contributed by atoms with Crippen molar-refractivity contribution >= 4 is 34.3 Å². The van der Waals surface area contributed by atoms with Crippen LogP contribution in [-0.4, -0.2) is 39.8 Å². The van der Waals surface area contributed by atoms with Gasteiger partial charge < -0.3 is 24.3 Å². The summed E-state index contributed by atoms with van der Waals surface area (Å²) in [5, 5.41) is 5.02. The predicted octanol–water partition coefficient (Wildman–Crippen LogP) is 5.27. The molecule has 1 N–H and O–H groups in total. The van der Waals surface area contributed by atoms with E-state index < -0.39 is 11.9 Å². The number of esters is 1. The quantitative estimate of drug-likeness (QED) is 0.341. The lowest BCUT2D eigenvalue weighted by atomic mass is 10.0. The van der Waals surface area contributed by atoms with Crippen LogP contribution in [0.5, 0.6) is 17.2 Å². The first-order valence-corrected chi connectivity index (χ1v) is 11.0. The van der Waals surface area contributed by atoms with Crippen molar-refractivity contribution in [3.05, 3.63) is 65.0 Å². The van der Waals surface area contributed by atoms with Crippen molar-refractivity contribution in [2.24, 2.45) is 0 Å². The van der Waals surface area contributed by atoms with Crippen molar-refractivity contribution in [2.75, 3.05) is 33.3 Å². The third kappa shape index (κ3) is 5.72. The summed E-state index contributed by atoms with van der Waals surface area (Å²) in [6.45, 7) is 1.96. The molecule has 0 aliphatic heterocycles. The summed E-state index contributed by atoms with van der Waals surface area (Å²) in [7, 11) is 4.71. The highest BCUT2D eigenvalue weighted by atomic mass is 32.1. The molecule has 0 saturated carbocycles. The first kappa shape index (κ1) is 23.9. The summed E-state index contributed by atoms with van der Waals surface area (Å²) in [5.74, 6) is 1.05. The van der Waals surface area contributed by atoms with Gasteiger partial charge in [-0.2, -0.15) is 0 Å². The van der Waals surface area contributed by atoms with E-state index in [-0.39, 0.29) is 6.61 Å². The molecule has 0 radical (unpaired) electrons. The van der Waals surface area contributed by atoms with Gasteiger partial charge in [0.2, 0.25) is 5.91 Å². The van der Waals surface area contributed by atoms with Gasteiger partial charge in [-0.1, -0.05) is 12.1 Å².